The average Bonchev–Trinajstić information content (AvgIpc) is 3.37. The Morgan fingerprint density at radius 1 is 1.04 bits per heavy atom. The quantitative estimate of drug-likeness (QED) is 0.814. The van der Waals surface area contributed by atoms with Gasteiger partial charge in [-0.2, -0.15) is 0 Å². The van der Waals surface area contributed by atoms with E-state index in [0.717, 1.165) is 11.3 Å². The third kappa shape index (κ3) is 3.52. The summed E-state index contributed by atoms with van der Waals surface area (Å²) in [7, 11) is 0. The van der Waals surface area contributed by atoms with Crippen LogP contribution in [0.1, 0.15) is 22.5 Å². The zero-order valence-electron chi connectivity index (χ0n) is 15.8. The maximum absolute atomic E-state index is 12.9. The lowest BCUT2D eigenvalue weighted by Crippen LogP contribution is -2.52. The van der Waals surface area contributed by atoms with Crippen molar-refractivity contribution >= 4 is 23.4 Å². The molecule has 7 heteroatoms. The van der Waals surface area contributed by atoms with Gasteiger partial charge in [0.25, 0.3) is 5.91 Å². The van der Waals surface area contributed by atoms with Crippen molar-refractivity contribution in [3.05, 3.63) is 54.0 Å². The Bertz CT molecular complexity index is 885. The lowest BCUT2D eigenvalue weighted by molar-refractivity contribution is -0.137. The molecule has 0 N–H and O–H groups in total. The van der Waals surface area contributed by atoms with Crippen LogP contribution in [0.4, 0.5) is 5.69 Å². The molecule has 7 nitrogen and oxygen atoms in total. The number of furan rings is 1. The maximum atomic E-state index is 12.9. The highest BCUT2D eigenvalue weighted by atomic mass is 16.3. The van der Waals surface area contributed by atoms with Crippen LogP contribution in [0.25, 0.3) is 0 Å². The van der Waals surface area contributed by atoms with Gasteiger partial charge in [0, 0.05) is 44.8 Å². The van der Waals surface area contributed by atoms with E-state index in [-0.39, 0.29) is 30.1 Å². The number of anilines is 1. The van der Waals surface area contributed by atoms with Crippen molar-refractivity contribution in [2.45, 2.75) is 13.3 Å². The molecule has 1 aromatic carbocycles. The molecule has 2 aliphatic rings. The van der Waals surface area contributed by atoms with Crippen LogP contribution >= 0.6 is 0 Å². The van der Waals surface area contributed by atoms with Gasteiger partial charge in [0.1, 0.15) is 0 Å². The van der Waals surface area contributed by atoms with Gasteiger partial charge in [-0.3, -0.25) is 14.4 Å². The van der Waals surface area contributed by atoms with Crippen LogP contribution in [0.2, 0.25) is 0 Å². The lowest BCUT2D eigenvalue weighted by atomic mass is 10.1. The summed E-state index contributed by atoms with van der Waals surface area (Å²) in [5.74, 6) is -0.196. The average molecular weight is 381 g/mol. The Balaban J connectivity index is 1.35. The predicted octanol–water partition coefficient (Wildman–Crippen LogP) is 1.93. The van der Waals surface area contributed by atoms with E-state index in [1.807, 2.05) is 31.2 Å². The minimum atomic E-state index is -0.333. The van der Waals surface area contributed by atoms with E-state index in [2.05, 4.69) is 0 Å². The number of rotatable bonds is 3. The molecule has 0 spiro atoms. The van der Waals surface area contributed by atoms with Gasteiger partial charge >= 0.3 is 0 Å². The lowest BCUT2D eigenvalue weighted by Gasteiger charge is -2.35. The first-order valence-electron chi connectivity index (χ1n) is 9.51. The highest BCUT2D eigenvalue weighted by Crippen LogP contribution is 2.27. The van der Waals surface area contributed by atoms with E-state index in [1.54, 1.807) is 26.8 Å². The van der Waals surface area contributed by atoms with Gasteiger partial charge in [-0.05, 0) is 36.8 Å². The molecule has 0 saturated carbocycles. The molecule has 2 saturated heterocycles. The van der Waals surface area contributed by atoms with E-state index >= 15 is 0 Å². The molecule has 2 aliphatic heterocycles. The SMILES string of the molecule is Cc1cccc(N2C[C@H](C(=O)N3CCN(C(=O)c4ccco4)CC3)CC2=O)c1. The standard InChI is InChI=1S/C21H23N3O4/c1-15-4-2-5-17(12-15)24-14-16(13-19(24)25)20(26)22-7-9-23(10-8-22)21(27)18-6-3-11-28-18/h2-6,11-12,16H,7-10,13-14H2,1H3/t16-/m1/s1. The molecular formula is C21H23N3O4. The summed E-state index contributed by atoms with van der Waals surface area (Å²) in [5.41, 5.74) is 1.92. The molecule has 1 atom stereocenters. The Labute approximate surface area is 163 Å². The molecular weight excluding hydrogens is 358 g/mol. The van der Waals surface area contributed by atoms with Gasteiger partial charge in [0.2, 0.25) is 11.8 Å². The number of aryl methyl sites for hydroxylation is 1. The Morgan fingerprint density at radius 3 is 2.46 bits per heavy atom. The van der Waals surface area contributed by atoms with Gasteiger partial charge < -0.3 is 19.1 Å². The van der Waals surface area contributed by atoms with Crippen LogP contribution in [-0.4, -0.2) is 60.2 Å². The highest BCUT2D eigenvalue weighted by Gasteiger charge is 2.38. The van der Waals surface area contributed by atoms with E-state index in [4.69, 9.17) is 4.42 Å². The zero-order chi connectivity index (χ0) is 19.7. The minimum absolute atomic E-state index is 0.00593. The van der Waals surface area contributed by atoms with Crippen LogP contribution in [0.15, 0.2) is 47.1 Å². The fraction of sp³-hybridized carbons (Fsp3) is 0.381. The fourth-order valence-electron chi connectivity index (χ4n) is 3.86. The van der Waals surface area contributed by atoms with Crippen LogP contribution in [0.3, 0.4) is 0 Å². The van der Waals surface area contributed by atoms with Crippen molar-refractivity contribution in [3.8, 4) is 0 Å². The Morgan fingerprint density at radius 2 is 1.79 bits per heavy atom. The monoisotopic (exact) mass is 381 g/mol. The molecule has 1 aromatic heterocycles. The summed E-state index contributed by atoms with van der Waals surface area (Å²) in [6.45, 7) is 4.27. The normalized spacial score (nSPS) is 20.0. The van der Waals surface area contributed by atoms with Gasteiger partial charge in [-0.25, -0.2) is 0 Å². The number of nitrogens with zero attached hydrogens (tertiary/aromatic N) is 3. The summed E-state index contributed by atoms with van der Waals surface area (Å²) in [4.78, 5) is 42.9. The first kappa shape index (κ1) is 18.3. The predicted molar refractivity (Wildman–Crippen MR) is 103 cm³/mol. The molecule has 28 heavy (non-hydrogen) atoms. The molecule has 3 heterocycles. The van der Waals surface area contributed by atoms with Crippen molar-refractivity contribution in [2.75, 3.05) is 37.6 Å². The van der Waals surface area contributed by atoms with E-state index in [9.17, 15) is 14.4 Å². The molecule has 0 bridgehead atoms. The van der Waals surface area contributed by atoms with Crippen LogP contribution in [-0.2, 0) is 9.59 Å². The van der Waals surface area contributed by atoms with Crippen LogP contribution in [0.5, 0.6) is 0 Å². The molecule has 2 aromatic rings. The summed E-state index contributed by atoms with van der Waals surface area (Å²) in [6, 6.07) is 11.1. The van der Waals surface area contributed by atoms with Crippen molar-refractivity contribution in [2.24, 2.45) is 5.92 Å². The summed E-state index contributed by atoms with van der Waals surface area (Å²) >= 11 is 0. The second-order valence-corrected chi connectivity index (χ2v) is 7.34. The zero-order valence-corrected chi connectivity index (χ0v) is 15.8. The number of hydrogen-bond donors (Lipinski definition) is 0. The topological polar surface area (TPSA) is 74.1 Å². The molecule has 2 fully saturated rings. The molecule has 3 amide bonds. The van der Waals surface area contributed by atoms with E-state index in [0.29, 0.717) is 38.5 Å². The van der Waals surface area contributed by atoms with Gasteiger partial charge in [-0.1, -0.05) is 12.1 Å². The second kappa shape index (κ2) is 7.50. The van der Waals surface area contributed by atoms with Crippen molar-refractivity contribution in [3.63, 3.8) is 0 Å². The van der Waals surface area contributed by atoms with Crippen LogP contribution in [0, 0.1) is 12.8 Å². The molecule has 0 unspecified atom stereocenters. The number of piperazine rings is 1. The number of benzene rings is 1. The smallest absolute Gasteiger partial charge is 0.289 e. The largest absolute Gasteiger partial charge is 0.459 e. The summed E-state index contributed by atoms with van der Waals surface area (Å²) < 4.78 is 5.16. The summed E-state index contributed by atoms with van der Waals surface area (Å²) in [5, 5.41) is 0. The van der Waals surface area contributed by atoms with E-state index in [1.165, 1.54) is 6.26 Å². The van der Waals surface area contributed by atoms with E-state index < -0.39 is 0 Å². The van der Waals surface area contributed by atoms with Crippen molar-refractivity contribution in [1.82, 2.24) is 9.80 Å². The van der Waals surface area contributed by atoms with Gasteiger partial charge in [-0.15, -0.1) is 0 Å². The maximum Gasteiger partial charge on any atom is 0.289 e. The fourth-order valence-corrected chi connectivity index (χ4v) is 3.86. The number of amides is 3. The molecule has 146 valence electrons. The third-order valence-electron chi connectivity index (χ3n) is 5.40. The molecule has 0 radical (unpaired) electrons. The number of carbonyl (C=O) groups is 3. The van der Waals surface area contributed by atoms with Crippen LogP contribution < -0.4 is 4.90 Å². The Hall–Kier alpha value is -3.09. The highest BCUT2D eigenvalue weighted by molar-refractivity contribution is 6.00. The van der Waals surface area contributed by atoms with Crippen molar-refractivity contribution in [1.29, 1.82) is 0 Å². The number of carbonyl (C=O) groups excluding carboxylic acids is 3. The second-order valence-electron chi connectivity index (χ2n) is 7.34. The van der Waals surface area contributed by atoms with Gasteiger partial charge in [0.15, 0.2) is 5.76 Å². The first-order valence-corrected chi connectivity index (χ1v) is 9.51. The third-order valence-corrected chi connectivity index (χ3v) is 5.40. The first-order chi connectivity index (χ1) is 13.5. The summed E-state index contributed by atoms with van der Waals surface area (Å²) in [6.07, 6.45) is 1.71. The minimum Gasteiger partial charge on any atom is -0.459 e. The van der Waals surface area contributed by atoms with Gasteiger partial charge in [0.05, 0.1) is 12.2 Å². The molecule has 4 rings (SSSR count). The molecule has 0 aliphatic carbocycles. The van der Waals surface area contributed by atoms with Crippen molar-refractivity contribution < 1.29 is 18.8 Å². The Kier molecular flexibility index (Phi) is 4.90. The number of hydrogen-bond acceptors (Lipinski definition) is 4.